The number of nitro groups is 1. The van der Waals surface area contributed by atoms with E-state index in [-0.39, 0.29) is 11.8 Å². The molecule has 1 fully saturated rings. The quantitative estimate of drug-likeness (QED) is 0.563. The summed E-state index contributed by atoms with van der Waals surface area (Å²) in [6, 6.07) is 2.15. The van der Waals surface area contributed by atoms with Gasteiger partial charge in [0.15, 0.2) is 0 Å². The fourth-order valence-corrected chi connectivity index (χ4v) is 3.00. The van der Waals surface area contributed by atoms with E-state index in [1.165, 1.54) is 6.20 Å². The summed E-state index contributed by atoms with van der Waals surface area (Å²) < 4.78 is 12.6. The summed E-state index contributed by atoms with van der Waals surface area (Å²) in [5, 5.41) is 10.9. The first-order valence-corrected chi connectivity index (χ1v) is 8.46. The van der Waals surface area contributed by atoms with Crippen molar-refractivity contribution in [2.24, 2.45) is 0 Å². The topological polar surface area (TPSA) is 112 Å². The van der Waals surface area contributed by atoms with Gasteiger partial charge >= 0.3 is 11.8 Å². The maximum Gasteiger partial charge on any atom is 0.414 e. The lowest BCUT2D eigenvalue weighted by molar-refractivity contribution is -0.389. The maximum atomic E-state index is 10.9. The third-order valence-electron chi connectivity index (χ3n) is 4.36. The van der Waals surface area contributed by atoms with Crippen molar-refractivity contribution in [3.63, 3.8) is 0 Å². The van der Waals surface area contributed by atoms with E-state index in [9.17, 15) is 10.1 Å². The number of rotatable bonds is 3. The van der Waals surface area contributed by atoms with Gasteiger partial charge in [-0.2, -0.15) is 4.98 Å². The molecule has 0 radical (unpaired) electrons. The van der Waals surface area contributed by atoms with Gasteiger partial charge in [-0.1, -0.05) is 0 Å². The standard InChI is InChI=1S/C15H19N7O4/c23-22(24)13-11-21-4-3-19(7-10-26-15(21)18-13)12-1-2-16-14(17-12)20-5-8-25-9-6-20/h1-2,11H,3-10H2. The Morgan fingerprint density at radius 1 is 1.04 bits per heavy atom. The van der Waals surface area contributed by atoms with E-state index in [1.807, 2.05) is 6.07 Å². The Hall–Kier alpha value is -2.95. The molecule has 2 aliphatic rings. The van der Waals surface area contributed by atoms with Crippen LogP contribution >= 0.6 is 0 Å². The number of imidazole rings is 1. The van der Waals surface area contributed by atoms with E-state index in [0.717, 1.165) is 18.9 Å². The molecule has 0 spiro atoms. The predicted octanol–water partition coefficient (Wildman–Crippen LogP) is 0.317. The van der Waals surface area contributed by atoms with Gasteiger partial charge in [0.1, 0.15) is 18.6 Å². The van der Waals surface area contributed by atoms with Gasteiger partial charge in [-0.3, -0.25) is 4.57 Å². The molecule has 0 aliphatic carbocycles. The molecule has 0 atom stereocenters. The van der Waals surface area contributed by atoms with E-state index in [1.54, 1.807) is 10.8 Å². The lowest BCUT2D eigenvalue weighted by Gasteiger charge is -2.29. The number of nitrogens with zero attached hydrogens (tertiary/aromatic N) is 7. The first-order valence-electron chi connectivity index (χ1n) is 8.46. The largest absolute Gasteiger partial charge is 0.444 e. The summed E-state index contributed by atoms with van der Waals surface area (Å²) in [5.74, 6) is 1.29. The van der Waals surface area contributed by atoms with Crippen LogP contribution in [0.15, 0.2) is 18.5 Å². The van der Waals surface area contributed by atoms with Crippen molar-refractivity contribution >= 4 is 17.6 Å². The number of anilines is 2. The maximum absolute atomic E-state index is 10.9. The SMILES string of the molecule is O=[N+]([O-])c1cn2c(n1)OCCN(c1ccnc(N3CCOCC3)n1)CC2. The van der Waals surface area contributed by atoms with Crippen LogP contribution in [0.3, 0.4) is 0 Å². The molecule has 2 aromatic rings. The van der Waals surface area contributed by atoms with Gasteiger partial charge in [0.25, 0.3) is 0 Å². The van der Waals surface area contributed by atoms with Crippen molar-refractivity contribution in [3.05, 3.63) is 28.6 Å². The molecule has 0 unspecified atom stereocenters. The van der Waals surface area contributed by atoms with Crippen molar-refractivity contribution in [2.75, 3.05) is 55.8 Å². The first kappa shape index (κ1) is 16.5. The Balaban J connectivity index is 1.50. The molecule has 2 aliphatic heterocycles. The van der Waals surface area contributed by atoms with Gasteiger partial charge in [-0.05, 0) is 11.0 Å². The molecule has 0 aromatic carbocycles. The van der Waals surface area contributed by atoms with Crippen LogP contribution in [0, 0.1) is 10.1 Å². The normalized spacial score (nSPS) is 17.8. The molecule has 1 saturated heterocycles. The zero-order valence-electron chi connectivity index (χ0n) is 14.2. The zero-order valence-corrected chi connectivity index (χ0v) is 14.2. The van der Waals surface area contributed by atoms with Crippen LogP contribution < -0.4 is 14.5 Å². The van der Waals surface area contributed by atoms with E-state index < -0.39 is 4.92 Å². The van der Waals surface area contributed by atoms with Gasteiger partial charge in [-0.25, -0.2) is 4.98 Å². The first-order chi connectivity index (χ1) is 12.7. The third kappa shape index (κ3) is 3.38. The second kappa shape index (κ2) is 7.12. The van der Waals surface area contributed by atoms with E-state index >= 15 is 0 Å². The number of hydrogen-bond donors (Lipinski definition) is 0. The van der Waals surface area contributed by atoms with Crippen LogP contribution in [0.4, 0.5) is 17.6 Å². The molecule has 11 nitrogen and oxygen atoms in total. The number of morpholine rings is 1. The predicted molar refractivity (Wildman–Crippen MR) is 91.7 cm³/mol. The van der Waals surface area contributed by atoms with Crippen LogP contribution in [-0.4, -0.2) is 70.4 Å². The highest BCUT2D eigenvalue weighted by Crippen LogP contribution is 2.21. The molecule has 0 bridgehead atoms. The summed E-state index contributed by atoms with van der Waals surface area (Å²) >= 11 is 0. The molecular formula is C15H19N7O4. The summed E-state index contributed by atoms with van der Waals surface area (Å²) in [7, 11) is 0. The second-order valence-electron chi connectivity index (χ2n) is 5.98. The highest BCUT2D eigenvalue weighted by molar-refractivity contribution is 5.44. The van der Waals surface area contributed by atoms with Crippen molar-refractivity contribution in [1.29, 1.82) is 0 Å². The molecule has 0 amide bonds. The van der Waals surface area contributed by atoms with Gasteiger partial charge in [0.05, 0.1) is 19.8 Å². The van der Waals surface area contributed by atoms with Gasteiger partial charge < -0.3 is 29.4 Å². The Morgan fingerprint density at radius 2 is 1.85 bits per heavy atom. The zero-order chi connectivity index (χ0) is 17.9. The minimum Gasteiger partial charge on any atom is -0.444 e. The fraction of sp³-hybridized carbons (Fsp3) is 0.533. The summed E-state index contributed by atoms with van der Waals surface area (Å²) in [6.45, 7) is 5.03. The van der Waals surface area contributed by atoms with Gasteiger partial charge in [0, 0.05) is 37.4 Å². The molecular weight excluding hydrogens is 342 g/mol. The molecule has 0 N–H and O–H groups in total. The summed E-state index contributed by atoms with van der Waals surface area (Å²) in [6.07, 6.45) is 3.15. The Morgan fingerprint density at radius 3 is 2.65 bits per heavy atom. The number of ether oxygens (including phenoxy) is 2. The van der Waals surface area contributed by atoms with Gasteiger partial charge in [-0.15, -0.1) is 0 Å². The molecule has 2 aromatic heterocycles. The van der Waals surface area contributed by atoms with E-state index in [4.69, 9.17) is 9.47 Å². The summed E-state index contributed by atoms with van der Waals surface area (Å²) in [5.41, 5.74) is 0. The molecule has 138 valence electrons. The third-order valence-corrected chi connectivity index (χ3v) is 4.36. The highest BCUT2D eigenvalue weighted by atomic mass is 16.6. The molecule has 0 saturated carbocycles. The minimum atomic E-state index is -0.516. The van der Waals surface area contributed by atoms with Crippen LogP contribution in [0.25, 0.3) is 0 Å². The Bertz CT molecular complexity index is 790. The summed E-state index contributed by atoms with van der Waals surface area (Å²) in [4.78, 5) is 27.5. The average Bonchev–Trinajstić information content (AvgIpc) is 3.05. The van der Waals surface area contributed by atoms with E-state index in [0.29, 0.717) is 45.4 Å². The molecule has 11 heteroatoms. The van der Waals surface area contributed by atoms with E-state index in [2.05, 4.69) is 24.8 Å². The van der Waals surface area contributed by atoms with Crippen molar-refractivity contribution in [2.45, 2.75) is 6.54 Å². The average molecular weight is 361 g/mol. The van der Waals surface area contributed by atoms with Crippen LogP contribution in [0.5, 0.6) is 6.01 Å². The second-order valence-corrected chi connectivity index (χ2v) is 5.98. The lowest BCUT2D eigenvalue weighted by Crippen LogP contribution is -2.38. The van der Waals surface area contributed by atoms with Gasteiger partial charge in [0.2, 0.25) is 5.95 Å². The Kier molecular flexibility index (Phi) is 4.52. The molecule has 4 heterocycles. The molecule has 26 heavy (non-hydrogen) atoms. The van der Waals surface area contributed by atoms with Crippen molar-refractivity contribution in [1.82, 2.24) is 19.5 Å². The number of aromatic nitrogens is 4. The van der Waals surface area contributed by atoms with Crippen LogP contribution in [0.1, 0.15) is 0 Å². The highest BCUT2D eigenvalue weighted by Gasteiger charge is 2.23. The smallest absolute Gasteiger partial charge is 0.414 e. The Labute approximate surface area is 149 Å². The molecule has 4 rings (SSSR count). The lowest BCUT2D eigenvalue weighted by atomic mass is 10.4. The van der Waals surface area contributed by atoms with Crippen molar-refractivity contribution < 1.29 is 14.4 Å². The van der Waals surface area contributed by atoms with Crippen molar-refractivity contribution in [3.8, 4) is 6.01 Å². The monoisotopic (exact) mass is 361 g/mol. The number of hydrogen-bond acceptors (Lipinski definition) is 9. The minimum absolute atomic E-state index is 0.204. The van der Waals surface area contributed by atoms with Crippen LogP contribution in [0.2, 0.25) is 0 Å². The van der Waals surface area contributed by atoms with Crippen LogP contribution in [-0.2, 0) is 11.3 Å². The fourth-order valence-electron chi connectivity index (χ4n) is 3.00. The number of fused-ring (bicyclic) bond motifs is 1.